The molecule has 0 unspecified atom stereocenters. The van der Waals surface area contributed by atoms with Crippen LogP contribution < -0.4 is 5.73 Å². The van der Waals surface area contributed by atoms with Crippen LogP contribution in [0.5, 0.6) is 0 Å². The predicted octanol–water partition coefficient (Wildman–Crippen LogP) is 3.52. The topological polar surface area (TPSA) is 46.3 Å². The summed E-state index contributed by atoms with van der Waals surface area (Å²) in [6.07, 6.45) is 9.91. The smallest absolute Gasteiger partial charge is 0.223 e. The molecule has 2 saturated carbocycles. The van der Waals surface area contributed by atoms with Gasteiger partial charge in [0.15, 0.2) is 0 Å². The number of nitrogens with zero attached hydrogens (tertiary/aromatic N) is 1. The van der Waals surface area contributed by atoms with Crippen molar-refractivity contribution in [1.29, 1.82) is 0 Å². The molecular formula is C20H30N2O. The van der Waals surface area contributed by atoms with Gasteiger partial charge >= 0.3 is 0 Å². The summed E-state index contributed by atoms with van der Waals surface area (Å²) < 4.78 is 0. The summed E-state index contributed by atoms with van der Waals surface area (Å²) in [7, 11) is 0. The Kier molecular flexibility index (Phi) is 5.71. The van der Waals surface area contributed by atoms with Crippen LogP contribution in [0, 0.1) is 5.92 Å². The number of amides is 1. The number of carbonyl (C=O) groups excluding carboxylic acids is 1. The van der Waals surface area contributed by atoms with Crippen molar-refractivity contribution in [3.63, 3.8) is 0 Å². The van der Waals surface area contributed by atoms with Gasteiger partial charge < -0.3 is 10.6 Å². The lowest BCUT2D eigenvalue weighted by Gasteiger charge is -2.31. The Hall–Kier alpha value is -1.35. The van der Waals surface area contributed by atoms with Crippen molar-refractivity contribution < 1.29 is 4.79 Å². The Balaban J connectivity index is 1.61. The Bertz CT molecular complexity index is 496. The minimum Gasteiger partial charge on any atom is -0.339 e. The van der Waals surface area contributed by atoms with Crippen LogP contribution in [-0.4, -0.2) is 29.4 Å². The van der Waals surface area contributed by atoms with E-state index in [0.717, 1.165) is 25.8 Å². The number of rotatable bonds is 6. The largest absolute Gasteiger partial charge is 0.339 e. The first-order valence-electron chi connectivity index (χ1n) is 9.33. The maximum absolute atomic E-state index is 12.9. The number of nitrogens with two attached hydrogens (primary N) is 1. The van der Waals surface area contributed by atoms with E-state index in [4.69, 9.17) is 5.73 Å². The third-order valence-electron chi connectivity index (χ3n) is 5.72. The third-order valence-corrected chi connectivity index (χ3v) is 5.72. The molecule has 23 heavy (non-hydrogen) atoms. The normalized spacial score (nSPS) is 24.9. The van der Waals surface area contributed by atoms with E-state index in [9.17, 15) is 4.79 Å². The molecule has 3 rings (SSSR count). The molecule has 2 N–H and O–H groups in total. The molecule has 0 saturated heterocycles. The van der Waals surface area contributed by atoms with Crippen molar-refractivity contribution in [1.82, 2.24) is 4.90 Å². The second-order valence-corrected chi connectivity index (χ2v) is 7.32. The highest BCUT2D eigenvalue weighted by atomic mass is 16.2. The maximum Gasteiger partial charge on any atom is 0.223 e. The van der Waals surface area contributed by atoms with Gasteiger partial charge in [-0.3, -0.25) is 4.79 Å². The zero-order chi connectivity index (χ0) is 16.1. The van der Waals surface area contributed by atoms with Gasteiger partial charge in [0.25, 0.3) is 0 Å². The van der Waals surface area contributed by atoms with Crippen molar-refractivity contribution in [3.8, 4) is 0 Å². The lowest BCUT2D eigenvalue weighted by atomic mass is 9.98. The molecule has 1 aromatic carbocycles. The molecule has 2 aliphatic rings. The quantitative estimate of drug-likeness (QED) is 0.873. The van der Waals surface area contributed by atoms with E-state index >= 15 is 0 Å². The Labute approximate surface area is 140 Å². The van der Waals surface area contributed by atoms with E-state index in [1.807, 2.05) is 6.07 Å². The first-order chi connectivity index (χ1) is 11.2. The molecule has 0 radical (unpaired) electrons. The van der Waals surface area contributed by atoms with Crippen LogP contribution >= 0.6 is 0 Å². The Morgan fingerprint density at radius 1 is 1.04 bits per heavy atom. The van der Waals surface area contributed by atoms with Gasteiger partial charge in [-0.05, 0) is 43.6 Å². The van der Waals surface area contributed by atoms with Crippen molar-refractivity contribution in [3.05, 3.63) is 35.9 Å². The minimum absolute atomic E-state index is 0.235. The standard InChI is InChI=1S/C20H30N2O/c21-19-12-6-9-17(19)15-20(23)22(18-10-4-5-11-18)14-13-16-7-2-1-3-8-16/h1-3,7-8,17-19H,4-6,9-15,21H2/t17-,19+/m0/s1. The highest BCUT2D eigenvalue weighted by Gasteiger charge is 2.31. The average Bonchev–Trinajstić information content (AvgIpc) is 3.22. The van der Waals surface area contributed by atoms with Crippen LogP contribution in [0.1, 0.15) is 56.9 Å². The van der Waals surface area contributed by atoms with E-state index in [1.54, 1.807) is 0 Å². The summed E-state index contributed by atoms with van der Waals surface area (Å²) in [5, 5.41) is 0. The molecule has 2 fully saturated rings. The highest BCUT2D eigenvalue weighted by Crippen LogP contribution is 2.30. The number of carbonyl (C=O) groups is 1. The van der Waals surface area contributed by atoms with E-state index in [-0.39, 0.29) is 6.04 Å². The van der Waals surface area contributed by atoms with E-state index in [2.05, 4.69) is 29.2 Å². The third kappa shape index (κ3) is 4.35. The zero-order valence-corrected chi connectivity index (χ0v) is 14.1. The molecule has 0 spiro atoms. The van der Waals surface area contributed by atoms with Crippen LogP contribution in [0.25, 0.3) is 0 Å². The molecule has 0 heterocycles. The molecule has 2 atom stereocenters. The molecule has 3 heteroatoms. The van der Waals surface area contributed by atoms with E-state index in [0.29, 0.717) is 24.3 Å². The van der Waals surface area contributed by atoms with Crippen LogP contribution in [0.15, 0.2) is 30.3 Å². The number of hydrogen-bond acceptors (Lipinski definition) is 2. The Morgan fingerprint density at radius 3 is 2.43 bits per heavy atom. The fourth-order valence-corrected chi connectivity index (χ4v) is 4.28. The summed E-state index contributed by atoms with van der Waals surface area (Å²) >= 11 is 0. The molecule has 0 aromatic heterocycles. The monoisotopic (exact) mass is 314 g/mol. The fourth-order valence-electron chi connectivity index (χ4n) is 4.28. The molecule has 3 nitrogen and oxygen atoms in total. The van der Waals surface area contributed by atoms with Crippen molar-refractivity contribution in [2.24, 2.45) is 11.7 Å². The average molecular weight is 314 g/mol. The van der Waals surface area contributed by atoms with Gasteiger partial charge in [0.1, 0.15) is 0 Å². The molecular weight excluding hydrogens is 284 g/mol. The second kappa shape index (κ2) is 7.96. The van der Waals surface area contributed by atoms with Crippen molar-refractivity contribution in [2.45, 2.75) is 69.9 Å². The van der Waals surface area contributed by atoms with Crippen molar-refractivity contribution >= 4 is 5.91 Å². The number of hydrogen-bond donors (Lipinski definition) is 1. The van der Waals surface area contributed by atoms with E-state index in [1.165, 1.54) is 37.7 Å². The van der Waals surface area contributed by atoms with Gasteiger partial charge in [0.2, 0.25) is 5.91 Å². The van der Waals surface area contributed by atoms with Crippen LogP contribution in [0.4, 0.5) is 0 Å². The highest BCUT2D eigenvalue weighted by molar-refractivity contribution is 5.77. The first kappa shape index (κ1) is 16.5. The molecule has 126 valence electrons. The summed E-state index contributed by atoms with van der Waals surface area (Å²) in [4.78, 5) is 15.1. The SMILES string of the molecule is N[C@@H]1CCC[C@H]1CC(=O)N(CCc1ccccc1)C1CCCC1. The van der Waals surface area contributed by atoms with Gasteiger partial charge in [-0.25, -0.2) is 0 Å². The van der Waals surface area contributed by atoms with E-state index < -0.39 is 0 Å². The summed E-state index contributed by atoms with van der Waals surface area (Å²) in [6.45, 7) is 0.857. The van der Waals surface area contributed by atoms with Gasteiger partial charge in [0.05, 0.1) is 0 Å². The van der Waals surface area contributed by atoms with Gasteiger partial charge in [-0.15, -0.1) is 0 Å². The zero-order valence-electron chi connectivity index (χ0n) is 14.1. The molecule has 0 aliphatic heterocycles. The Morgan fingerprint density at radius 2 is 1.78 bits per heavy atom. The molecule has 1 aromatic rings. The van der Waals surface area contributed by atoms with Crippen molar-refractivity contribution in [2.75, 3.05) is 6.54 Å². The van der Waals surface area contributed by atoms with Gasteiger partial charge in [0, 0.05) is 25.0 Å². The lowest BCUT2D eigenvalue weighted by Crippen LogP contribution is -2.42. The second-order valence-electron chi connectivity index (χ2n) is 7.32. The fraction of sp³-hybridized carbons (Fsp3) is 0.650. The van der Waals surface area contributed by atoms with Crippen LogP contribution in [0.2, 0.25) is 0 Å². The minimum atomic E-state index is 0.235. The van der Waals surface area contributed by atoms with Gasteiger partial charge in [-0.1, -0.05) is 49.6 Å². The van der Waals surface area contributed by atoms with Crippen LogP contribution in [0.3, 0.4) is 0 Å². The lowest BCUT2D eigenvalue weighted by molar-refractivity contribution is -0.134. The maximum atomic E-state index is 12.9. The summed E-state index contributed by atoms with van der Waals surface area (Å²) in [6, 6.07) is 11.2. The van der Waals surface area contributed by atoms with Crippen LogP contribution in [-0.2, 0) is 11.2 Å². The molecule has 0 bridgehead atoms. The number of benzene rings is 1. The summed E-state index contributed by atoms with van der Waals surface area (Å²) in [5.41, 5.74) is 7.50. The first-order valence-corrected chi connectivity index (χ1v) is 9.33. The predicted molar refractivity (Wildman–Crippen MR) is 94.0 cm³/mol. The molecule has 1 amide bonds. The molecule has 2 aliphatic carbocycles. The van der Waals surface area contributed by atoms with Gasteiger partial charge in [-0.2, -0.15) is 0 Å². The summed E-state index contributed by atoms with van der Waals surface area (Å²) in [5.74, 6) is 0.748.